The average molecular weight is 442 g/mol. The van der Waals surface area contributed by atoms with Gasteiger partial charge in [0, 0.05) is 23.2 Å². The maximum atomic E-state index is 9.98. The zero-order valence-electron chi connectivity index (χ0n) is 18.5. The number of likely N-dealkylation sites (tertiary alicyclic amines) is 1. The molecule has 1 aliphatic heterocycles. The van der Waals surface area contributed by atoms with Crippen LogP contribution in [0, 0.1) is 6.92 Å². The topological polar surface area (TPSA) is 32.7 Å². The van der Waals surface area contributed by atoms with Gasteiger partial charge in [-0.25, -0.2) is 0 Å². The van der Waals surface area contributed by atoms with Crippen molar-refractivity contribution in [1.82, 2.24) is 4.90 Å². The van der Waals surface area contributed by atoms with E-state index in [0.717, 1.165) is 45.1 Å². The fourth-order valence-electron chi connectivity index (χ4n) is 4.25. The number of rotatable bonds is 6. The predicted molar refractivity (Wildman–Crippen MR) is 135 cm³/mol. The van der Waals surface area contributed by atoms with E-state index in [4.69, 9.17) is 4.74 Å². The van der Waals surface area contributed by atoms with E-state index < -0.39 is 0 Å². The average Bonchev–Trinajstić information content (AvgIpc) is 3.11. The SMILES string of the molecule is CCCN1CC(=Cc2ccc(Oc3c(-c4ccccc4C)sc4cc(O)ccc34)cc2)C1. The van der Waals surface area contributed by atoms with Crippen molar-refractivity contribution in [3.63, 3.8) is 0 Å². The number of ether oxygens (including phenoxy) is 1. The molecule has 5 rings (SSSR count). The second kappa shape index (κ2) is 8.81. The van der Waals surface area contributed by atoms with E-state index >= 15 is 0 Å². The molecule has 0 bridgehead atoms. The summed E-state index contributed by atoms with van der Waals surface area (Å²) in [5.41, 5.74) is 5.05. The van der Waals surface area contributed by atoms with Crippen molar-refractivity contribution >= 4 is 27.5 Å². The van der Waals surface area contributed by atoms with E-state index in [9.17, 15) is 5.11 Å². The number of aryl methyl sites for hydroxylation is 1. The molecule has 32 heavy (non-hydrogen) atoms. The Kier molecular flexibility index (Phi) is 5.73. The summed E-state index contributed by atoms with van der Waals surface area (Å²) in [6.45, 7) is 7.69. The third-order valence-electron chi connectivity index (χ3n) is 5.88. The predicted octanol–water partition coefficient (Wildman–Crippen LogP) is 7.48. The lowest BCUT2D eigenvalue weighted by Gasteiger charge is -2.33. The highest BCUT2D eigenvalue weighted by molar-refractivity contribution is 7.22. The van der Waals surface area contributed by atoms with Crippen LogP contribution in [0.2, 0.25) is 0 Å². The first-order valence-corrected chi connectivity index (χ1v) is 11.9. The highest BCUT2D eigenvalue weighted by atomic mass is 32.1. The Morgan fingerprint density at radius 3 is 2.56 bits per heavy atom. The van der Waals surface area contributed by atoms with Crippen LogP contribution in [0.5, 0.6) is 17.2 Å². The summed E-state index contributed by atoms with van der Waals surface area (Å²) in [6, 6.07) is 22.2. The van der Waals surface area contributed by atoms with Gasteiger partial charge in [0.15, 0.2) is 5.75 Å². The van der Waals surface area contributed by atoms with Gasteiger partial charge in [-0.15, -0.1) is 11.3 Å². The molecule has 1 saturated heterocycles. The van der Waals surface area contributed by atoms with Crippen molar-refractivity contribution in [3.8, 4) is 27.7 Å². The molecule has 1 N–H and O–H groups in total. The lowest BCUT2D eigenvalue weighted by Crippen LogP contribution is -2.40. The minimum absolute atomic E-state index is 0.271. The number of phenols is 1. The monoisotopic (exact) mass is 441 g/mol. The largest absolute Gasteiger partial charge is 0.508 e. The van der Waals surface area contributed by atoms with Gasteiger partial charge in [-0.1, -0.05) is 49.4 Å². The Hall–Kier alpha value is -3.08. The van der Waals surface area contributed by atoms with Crippen LogP contribution in [0.25, 0.3) is 26.6 Å². The Morgan fingerprint density at radius 1 is 1.03 bits per heavy atom. The summed E-state index contributed by atoms with van der Waals surface area (Å²) in [7, 11) is 0. The first kappa shape index (κ1) is 20.8. The number of benzene rings is 3. The fourth-order valence-corrected chi connectivity index (χ4v) is 5.50. The molecular weight excluding hydrogens is 414 g/mol. The van der Waals surface area contributed by atoms with Crippen LogP contribution in [0.15, 0.2) is 72.3 Å². The molecule has 0 saturated carbocycles. The van der Waals surface area contributed by atoms with Crippen molar-refractivity contribution in [2.24, 2.45) is 0 Å². The third kappa shape index (κ3) is 4.16. The Bertz CT molecular complexity index is 1280. The molecule has 1 fully saturated rings. The van der Waals surface area contributed by atoms with Crippen molar-refractivity contribution in [2.75, 3.05) is 19.6 Å². The van der Waals surface area contributed by atoms with E-state index in [0.29, 0.717) is 0 Å². The normalized spacial score (nSPS) is 13.9. The molecule has 4 aromatic rings. The van der Waals surface area contributed by atoms with E-state index in [1.165, 1.54) is 29.7 Å². The minimum Gasteiger partial charge on any atom is -0.508 e. The Morgan fingerprint density at radius 2 is 1.81 bits per heavy atom. The fraction of sp³-hybridized carbons (Fsp3) is 0.214. The van der Waals surface area contributed by atoms with Gasteiger partial charge in [-0.3, -0.25) is 4.90 Å². The van der Waals surface area contributed by atoms with Crippen LogP contribution in [0.3, 0.4) is 0 Å². The van der Waals surface area contributed by atoms with Gasteiger partial charge < -0.3 is 9.84 Å². The van der Waals surface area contributed by atoms with Gasteiger partial charge in [-0.2, -0.15) is 0 Å². The molecule has 3 nitrogen and oxygen atoms in total. The first-order valence-electron chi connectivity index (χ1n) is 11.1. The molecule has 3 aromatic carbocycles. The van der Waals surface area contributed by atoms with Gasteiger partial charge in [0.2, 0.25) is 0 Å². The van der Waals surface area contributed by atoms with Crippen LogP contribution in [-0.2, 0) is 0 Å². The lowest BCUT2D eigenvalue weighted by molar-refractivity contribution is 0.253. The van der Waals surface area contributed by atoms with Crippen LogP contribution < -0.4 is 4.74 Å². The summed E-state index contributed by atoms with van der Waals surface area (Å²) in [6.07, 6.45) is 3.50. The quantitative estimate of drug-likeness (QED) is 0.336. The summed E-state index contributed by atoms with van der Waals surface area (Å²) < 4.78 is 7.48. The molecule has 0 atom stereocenters. The molecule has 0 aliphatic carbocycles. The van der Waals surface area contributed by atoms with Crippen molar-refractivity contribution < 1.29 is 9.84 Å². The van der Waals surface area contributed by atoms with Gasteiger partial charge in [0.25, 0.3) is 0 Å². The first-order chi connectivity index (χ1) is 15.6. The molecule has 1 aromatic heterocycles. The number of hydrogen-bond donors (Lipinski definition) is 1. The molecule has 0 radical (unpaired) electrons. The Labute approximate surface area is 193 Å². The van der Waals surface area contributed by atoms with Crippen LogP contribution in [0.1, 0.15) is 24.5 Å². The van der Waals surface area contributed by atoms with E-state index in [1.807, 2.05) is 24.3 Å². The summed E-state index contributed by atoms with van der Waals surface area (Å²) in [5, 5.41) is 11.0. The van der Waals surface area contributed by atoms with E-state index in [1.54, 1.807) is 17.4 Å². The molecule has 1 aliphatic rings. The number of phenolic OH excluding ortho intramolecular Hbond substituents is 1. The molecule has 0 spiro atoms. The van der Waals surface area contributed by atoms with Crippen LogP contribution in [0.4, 0.5) is 0 Å². The van der Waals surface area contributed by atoms with Gasteiger partial charge >= 0.3 is 0 Å². The molecule has 0 unspecified atom stereocenters. The summed E-state index contributed by atoms with van der Waals surface area (Å²) in [4.78, 5) is 3.55. The zero-order valence-corrected chi connectivity index (χ0v) is 19.3. The van der Waals surface area contributed by atoms with Gasteiger partial charge in [0.05, 0.1) is 4.88 Å². The number of thiophene rings is 1. The number of hydrogen-bond acceptors (Lipinski definition) is 4. The highest BCUT2D eigenvalue weighted by Crippen LogP contribution is 2.47. The molecule has 4 heteroatoms. The molecule has 2 heterocycles. The maximum absolute atomic E-state index is 9.98. The second-order valence-electron chi connectivity index (χ2n) is 8.44. The van der Waals surface area contributed by atoms with Gasteiger partial charge in [-0.05, 0) is 72.5 Å². The van der Waals surface area contributed by atoms with E-state index in [2.05, 4.69) is 61.2 Å². The summed E-state index contributed by atoms with van der Waals surface area (Å²) in [5.74, 6) is 1.93. The molecule has 162 valence electrons. The molecular formula is C28H27NO2S. The lowest BCUT2D eigenvalue weighted by atomic mass is 10.0. The minimum atomic E-state index is 0.271. The zero-order chi connectivity index (χ0) is 22.1. The Balaban J connectivity index is 1.44. The number of nitrogens with zero attached hydrogens (tertiary/aromatic N) is 1. The van der Waals surface area contributed by atoms with Gasteiger partial charge in [0.1, 0.15) is 11.5 Å². The third-order valence-corrected chi connectivity index (χ3v) is 7.05. The van der Waals surface area contributed by atoms with E-state index in [-0.39, 0.29) is 5.75 Å². The van der Waals surface area contributed by atoms with Crippen LogP contribution >= 0.6 is 11.3 Å². The molecule has 0 amide bonds. The van der Waals surface area contributed by atoms with Crippen molar-refractivity contribution in [3.05, 3.63) is 83.4 Å². The number of fused-ring (bicyclic) bond motifs is 1. The number of aromatic hydroxyl groups is 1. The second-order valence-corrected chi connectivity index (χ2v) is 9.49. The maximum Gasteiger partial charge on any atom is 0.153 e. The van der Waals surface area contributed by atoms with Crippen molar-refractivity contribution in [2.45, 2.75) is 20.3 Å². The summed E-state index contributed by atoms with van der Waals surface area (Å²) >= 11 is 1.65. The standard InChI is InChI=1S/C28H27NO2S/c1-3-14-29-17-21(18-29)15-20-8-11-23(12-9-20)31-27-25-13-10-22(30)16-26(25)32-28(27)24-7-5-4-6-19(24)2/h4-13,15-16,30H,3,14,17-18H2,1-2H3. The highest BCUT2D eigenvalue weighted by Gasteiger charge is 2.19. The van der Waals surface area contributed by atoms with Crippen LogP contribution in [-0.4, -0.2) is 29.6 Å². The smallest absolute Gasteiger partial charge is 0.153 e. The van der Waals surface area contributed by atoms with Crippen molar-refractivity contribution in [1.29, 1.82) is 0 Å².